The summed E-state index contributed by atoms with van der Waals surface area (Å²) in [6, 6.07) is 13.4. The van der Waals surface area contributed by atoms with E-state index in [1.54, 1.807) is 13.2 Å². The summed E-state index contributed by atoms with van der Waals surface area (Å²) in [6.07, 6.45) is 0. The Morgan fingerprint density at radius 2 is 1.95 bits per heavy atom. The lowest BCUT2D eigenvalue weighted by Crippen LogP contribution is -2.03. The average Bonchev–Trinajstić information content (AvgIpc) is 2.50. The van der Waals surface area contributed by atoms with Crippen molar-refractivity contribution in [2.24, 2.45) is 0 Å². The molecule has 0 amide bonds. The molecule has 0 saturated carbocycles. The van der Waals surface area contributed by atoms with Gasteiger partial charge in [-0.05, 0) is 30.7 Å². The fourth-order valence-corrected chi connectivity index (χ4v) is 2.11. The topological polar surface area (TPSA) is 50.7 Å². The molecular weight excluding hydrogens is 266 g/mol. The molecule has 0 atom stereocenters. The Morgan fingerprint density at radius 1 is 1.14 bits per heavy atom. The summed E-state index contributed by atoms with van der Waals surface area (Å²) in [5.41, 5.74) is 3.21. The molecule has 21 heavy (non-hydrogen) atoms. The van der Waals surface area contributed by atoms with Crippen molar-refractivity contribution in [1.29, 1.82) is 0 Å². The van der Waals surface area contributed by atoms with E-state index in [4.69, 9.17) is 9.47 Å². The van der Waals surface area contributed by atoms with E-state index >= 15 is 0 Å². The summed E-state index contributed by atoms with van der Waals surface area (Å²) in [4.78, 5) is 0. The predicted molar refractivity (Wildman–Crippen MR) is 83.8 cm³/mol. The van der Waals surface area contributed by atoms with Gasteiger partial charge in [-0.2, -0.15) is 0 Å². The van der Waals surface area contributed by atoms with E-state index in [9.17, 15) is 5.11 Å². The van der Waals surface area contributed by atoms with E-state index < -0.39 is 0 Å². The predicted octanol–water partition coefficient (Wildman–Crippen LogP) is 3.55. The van der Waals surface area contributed by atoms with Crippen molar-refractivity contribution < 1.29 is 14.6 Å². The summed E-state index contributed by atoms with van der Waals surface area (Å²) >= 11 is 0. The number of phenolic OH excluding ortho intramolecular Hbond substituents is 1. The first kappa shape index (κ1) is 15.2. The van der Waals surface area contributed by atoms with E-state index in [1.165, 1.54) is 0 Å². The molecule has 4 nitrogen and oxygen atoms in total. The Morgan fingerprint density at radius 3 is 2.71 bits per heavy atom. The fourth-order valence-electron chi connectivity index (χ4n) is 2.11. The third-order valence-corrected chi connectivity index (χ3v) is 3.12. The van der Waals surface area contributed by atoms with Crippen LogP contribution in [0.15, 0.2) is 42.5 Å². The molecule has 0 aliphatic heterocycles. The SMILES string of the molecule is CCOc1cc(CNc2ccccc2COC)ccc1O. The second-order valence-corrected chi connectivity index (χ2v) is 4.68. The molecule has 0 fully saturated rings. The van der Waals surface area contributed by atoms with E-state index in [-0.39, 0.29) is 5.75 Å². The van der Waals surface area contributed by atoms with Crippen LogP contribution >= 0.6 is 0 Å². The van der Waals surface area contributed by atoms with E-state index in [1.807, 2.05) is 43.3 Å². The monoisotopic (exact) mass is 287 g/mol. The van der Waals surface area contributed by atoms with Crippen molar-refractivity contribution >= 4 is 5.69 Å². The number of aromatic hydroxyl groups is 1. The van der Waals surface area contributed by atoms with Gasteiger partial charge in [0.25, 0.3) is 0 Å². The van der Waals surface area contributed by atoms with E-state index in [0.717, 1.165) is 16.8 Å². The first-order valence-electron chi connectivity index (χ1n) is 7.00. The number of methoxy groups -OCH3 is 1. The van der Waals surface area contributed by atoms with Gasteiger partial charge in [-0.25, -0.2) is 0 Å². The minimum absolute atomic E-state index is 0.167. The zero-order valence-corrected chi connectivity index (χ0v) is 12.4. The van der Waals surface area contributed by atoms with Crippen molar-refractivity contribution in [1.82, 2.24) is 0 Å². The molecule has 2 aromatic rings. The summed E-state index contributed by atoms with van der Waals surface area (Å²) in [6.45, 7) is 3.65. The number of phenols is 1. The van der Waals surface area contributed by atoms with Crippen molar-refractivity contribution in [2.45, 2.75) is 20.1 Å². The Balaban J connectivity index is 2.08. The van der Waals surface area contributed by atoms with Crippen LogP contribution in [0, 0.1) is 0 Å². The van der Waals surface area contributed by atoms with Gasteiger partial charge in [0.15, 0.2) is 11.5 Å². The van der Waals surface area contributed by atoms with Crippen molar-refractivity contribution in [3.8, 4) is 11.5 Å². The zero-order valence-electron chi connectivity index (χ0n) is 12.4. The van der Waals surface area contributed by atoms with Gasteiger partial charge < -0.3 is 19.9 Å². The van der Waals surface area contributed by atoms with Crippen LogP contribution < -0.4 is 10.1 Å². The molecule has 0 unspecified atom stereocenters. The third kappa shape index (κ3) is 4.13. The highest BCUT2D eigenvalue weighted by molar-refractivity contribution is 5.51. The highest BCUT2D eigenvalue weighted by Crippen LogP contribution is 2.27. The average molecular weight is 287 g/mol. The van der Waals surface area contributed by atoms with Crippen LogP contribution in [0.5, 0.6) is 11.5 Å². The largest absolute Gasteiger partial charge is 0.504 e. The van der Waals surface area contributed by atoms with Crippen LogP contribution in [0.2, 0.25) is 0 Å². The van der Waals surface area contributed by atoms with Crippen molar-refractivity contribution in [3.63, 3.8) is 0 Å². The molecule has 2 N–H and O–H groups in total. The highest BCUT2D eigenvalue weighted by atomic mass is 16.5. The minimum Gasteiger partial charge on any atom is -0.504 e. The van der Waals surface area contributed by atoms with Crippen LogP contribution in [0.25, 0.3) is 0 Å². The van der Waals surface area contributed by atoms with Crippen molar-refractivity contribution in [3.05, 3.63) is 53.6 Å². The van der Waals surface area contributed by atoms with Crippen LogP contribution in [0.3, 0.4) is 0 Å². The lowest BCUT2D eigenvalue weighted by atomic mass is 10.1. The lowest BCUT2D eigenvalue weighted by Gasteiger charge is -2.13. The van der Waals surface area contributed by atoms with Crippen LogP contribution in [-0.2, 0) is 17.9 Å². The number of hydrogen-bond acceptors (Lipinski definition) is 4. The number of ether oxygens (including phenoxy) is 2. The van der Waals surface area contributed by atoms with Gasteiger partial charge in [-0.1, -0.05) is 24.3 Å². The highest BCUT2D eigenvalue weighted by Gasteiger charge is 2.05. The normalized spacial score (nSPS) is 10.4. The molecule has 0 bridgehead atoms. The Kier molecular flexibility index (Phi) is 5.46. The van der Waals surface area contributed by atoms with E-state index in [0.29, 0.717) is 25.5 Å². The molecule has 0 heterocycles. The summed E-state index contributed by atoms with van der Waals surface area (Å²) in [7, 11) is 1.69. The molecule has 0 aliphatic rings. The molecule has 0 spiro atoms. The quantitative estimate of drug-likeness (QED) is 0.817. The van der Waals surface area contributed by atoms with Gasteiger partial charge in [0.05, 0.1) is 13.2 Å². The van der Waals surface area contributed by atoms with Gasteiger partial charge in [0.1, 0.15) is 0 Å². The number of nitrogens with one attached hydrogen (secondary N) is 1. The molecule has 2 rings (SSSR count). The molecule has 4 heteroatoms. The lowest BCUT2D eigenvalue weighted by molar-refractivity contribution is 0.185. The first-order chi connectivity index (χ1) is 10.2. The first-order valence-corrected chi connectivity index (χ1v) is 7.00. The molecule has 112 valence electrons. The van der Waals surface area contributed by atoms with Gasteiger partial charge in [-0.15, -0.1) is 0 Å². The summed E-state index contributed by atoms with van der Waals surface area (Å²) < 4.78 is 10.6. The maximum Gasteiger partial charge on any atom is 0.161 e. The maximum atomic E-state index is 9.70. The van der Waals surface area contributed by atoms with Crippen LogP contribution in [0.4, 0.5) is 5.69 Å². The van der Waals surface area contributed by atoms with Gasteiger partial charge in [0, 0.05) is 24.9 Å². The van der Waals surface area contributed by atoms with Gasteiger partial charge in [-0.3, -0.25) is 0 Å². The second-order valence-electron chi connectivity index (χ2n) is 4.68. The van der Waals surface area contributed by atoms with Crippen LogP contribution in [0.1, 0.15) is 18.1 Å². The summed E-state index contributed by atoms with van der Waals surface area (Å²) in [5, 5.41) is 13.1. The van der Waals surface area contributed by atoms with Crippen LogP contribution in [-0.4, -0.2) is 18.8 Å². The number of hydrogen-bond donors (Lipinski definition) is 2. The van der Waals surface area contributed by atoms with Crippen molar-refractivity contribution in [2.75, 3.05) is 19.0 Å². The Hall–Kier alpha value is -2.20. The second kappa shape index (κ2) is 7.55. The number of rotatable bonds is 7. The zero-order chi connectivity index (χ0) is 15.1. The van der Waals surface area contributed by atoms with E-state index in [2.05, 4.69) is 5.32 Å². The molecule has 0 saturated heterocycles. The number of benzene rings is 2. The molecule has 2 aromatic carbocycles. The fraction of sp³-hybridized carbons (Fsp3) is 0.294. The Bertz CT molecular complexity index is 584. The number of para-hydroxylation sites is 1. The number of anilines is 1. The van der Waals surface area contributed by atoms with Gasteiger partial charge >= 0.3 is 0 Å². The Labute approximate surface area is 125 Å². The maximum absolute atomic E-state index is 9.70. The third-order valence-electron chi connectivity index (χ3n) is 3.12. The smallest absolute Gasteiger partial charge is 0.161 e. The molecular formula is C17H21NO3. The molecule has 0 aromatic heterocycles. The minimum atomic E-state index is 0.167. The molecule has 0 radical (unpaired) electrons. The van der Waals surface area contributed by atoms with Gasteiger partial charge in [0.2, 0.25) is 0 Å². The standard InChI is InChI=1S/C17H21NO3/c1-3-21-17-10-13(8-9-16(17)19)11-18-15-7-5-4-6-14(15)12-20-2/h4-10,18-19H,3,11-12H2,1-2H3. The summed E-state index contributed by atoms with van der Waals surface area (Å²) in [5.74, 6) is 0.683. The molecule has 0 aliphatic carbocycles.